The number of fused-ring (bicyclic) bond motifs is 1. The van der Waals surface area contributed by atoms with Crippen molar-refractivity contribution in [2.75, 3.05) is 0 Å². The molecule has 0 aliphatic heterocycles. The summed E-state index contributed by atoms with van der Waals surface area (Å²) >= 11 is 0. The highest BCUT2D eigenvalue weighted by molar-refractivity contribution is 6.04. The maximum absolute atomic E-state index is 13.0. The van der Waals surface area contributed by atoms with Gasteiger partial charge in [-0.1, -0.05) is 12.1 Å². The zero-order valence-corrected chi connectivity index (χ0v) is 16.4. The van der Waals surface area contributed by atoms with E-state index >= 15 is 0 Å². The van der Waals surface area contributed by atoms with E-state index in [-0.39, 0.29) is 28.2 Å². The molecular weight excluding hydrogens is 381 g/mol. The van der Waals surface area contributed by atoms with Crippen LogP contribution in [0.15, 0.2) is 39.8 Å². The van der Waals surface area contributed by atoms with Gasteiger partial charge in [-0.2, -0.15) is 0 Å². The number of esters is 1. The Morgan fingerprint density at radius 1 is 1.24 bits per heavy atom. The van der Waals surface area contributed by atoms with Gasteiger partial charge in [0.15, 0.2) is 6.10 Å². The molecule has 1 aromatic carbocycles. The zero-order chi connectivity index (χ0) is 21.3. The highest BCUT2D eigenvalue weighted by Gasteiger charge is 2.27. The third kappa shape index (κ3) is 4.03. The molecule has 0 aliphatic rings. The van der Waals surface area contributed by atoms with E-state index in [1.165, 1.54) is 43.9 Å². The molecule has 3 rings (SSSR count). The first-order valence-corrected chi connectivity index (χ1v) is 8.90. The summed E-state index contributed by atoms with van der Waals surface area (Å²) in [6, 6.07) is 5.28. The molecule has 2 heterocycles. The average molecular weight is 401 g/mol. The first-order valence-electron chi connectivity index (χ1n) is 8.90. The minimum Gasteiger partial charge on any atom is -0.449 e. The number of carbonyl (C=O) groups is 2. The fourth-order valence-corrected chi connectivity index (χ4v) is 2.87. The van der Waals surface area contributed by atoms with Gasteiger partial charge in [-0.05, 0) is 38.5 Å². The number of hydrogen-bond donors (Lipinski definition) is 1. The van der Waals surface area contributed by atoms with Crippen molar-refractivity contribution in [3.05, 3.63) is 63.7 Å². The monoisotopic (exact) mass is 401 g/mol. The van der Waals surface area contributed by atoms with Crippen LogP contribution in [-0.2, 0) is 16.6 Å². The summed E-state index contributed by atoms with van der Waals surface area (Å²) in [4.78, 5) is 41.4. The fraction of sp³-hybridized carbons (Fsp3) is 0.300. The molecule has 8 nitrogen and oxygen atoms in total. The highest BCUT2D eigenvalue weighted by atomic mass is 19.1. The number of nitrogens with one attached hydrogen (secondary N) is 1. The van der Waals surface area contributed by atoms with E-state index in [1.54, 1.807) is 19.1 Å². The number of benzene rings is 1. The standard InChI is InChI=1S/C20H20FN3O5/c1-10(13-5-7-14(21)8-6-13)23-17(25)12(3)29-20(27)15-11(2)28-18-16(15)19(26)24(4)9-22-18/h5-10,12H,1-4H3,(H,23,25). The maximum Gasteiger partial charge on any atom is 0.343 e. The summed E-state index contributed by atoms with van der Waals surface area (Å²) in [5.74, 6) is -1.60. The molecule has 152 valence electrons. The van der Waals surface area contributed by atoms with Crippen molar-refractivity contribution < 1.29 is 23.1 Å². The van der Waals surface area contributed by atoms with E-state index in [4.69, 9.17) is 9.15 Å². The van der Waals surface area contributed by atoms with Crippen molar-refractivity contribution in [3.63, 3.8) is 0 Å². The van der Waals surface area contributed by atoms with Crippen molar-refractivity contribution in [3.8, 4) is 0 Å². The number of carbonyl (C=O) groups excluding carboxylic acids is 2. The van der Waals surface area contributed by atoms with Crippen molar-refractivity contribution in [2.45, 2.75) is 32.9 Å². The number of aryl methyl sites for hydroxylation is 2. The number of nitrogens with zero attached hydrogens (tertiary/aromatic N) is 2. The Morgan fingerprint density at radius 3 is 2.55 bits per heavy atom. The summed E-state index contributed by atoms with van der Waals surface area (Å²) < 4.78 is 24.9. The molecule has 0 radical (unpaired) electrons. The Kier molecular flexibility index (Phi) is 5.49. The molecule has 9 heteroatoms. The maximum atomic E-state index is 13.0. The van der Waals surface area contributed by atoms with Crippen LogP contribution in [0.2, 0.25) is 0 Å². The minimum atomic E-state index is -1.13. The van der Waals surface area contributed by atoms with Gasteiger partial charge in [-0.3, -0.25) is 9.59 Å². The SMILES string of the molecule is Cc1oc2ncn(C)c(=O)c2c1C(=O)OC(C)C(=O)NC(C)c1ccc(F)cc1. The molecule has 0 spiro atoms. The van der Waals surface area contributed by atoms with E-state index in [9.17, 15) is 18.8 Å². The number of amides is 1. The Morgan fingerprint density at radius 2 is 1.90 bits per heavy atom. The van der Waals surface area contributed by atoms with Gasteiger partial charge in [0, 0.05) is 7.05 Å². The molecule has 0 fully saturated rings. The number of aromatic nitrogens is 2. The van der Waals surface area contributed by atoms with E-state index in [0.29, 0.717) is 5.56 Å². The molecule has 1 amide bonds. The Bertz CT molecular complexity index is 1130. The molecule has 2 aromatic heterocycles. The van der Waals surface area contributed by atoms with Gasteiger partial charge >= 0.3 is 5.97 Å². The molecular formula is C20H20FN3O5. The first kappa shape index (κ1) is 20.2. The number of halogens is 1. The molecule has 2 atom stereocenters. The summed E-state index contributed by atoms with van der Waals surface area (Å²) in [6.07, 6.45) is 0.158. The van der Waals surface area contributed by atoms with Crippen LogP contribution < -0.4 is 10.9 Å². The third-order valence-electron chi connectivity index (χ3n) is 4.53. The van der Waals surface area contributed by atoms with Crippen molar-refractivity contribution in [1.82, 2.24) is 14.9 Å². The largest absolute Gasteiger partial charge is 0.449 e. The molecule has 0 aliphatic carbocycles. The van der Waals surface area contributed by atoms with Gasteiger partial charge in [-0.25, -0.2) is 14.2 Å². The highest BCUT2D eigenvalue weighted by Crippen LogP contribution is 2.22. The zero-order valence-electron chi connectivity index (χ0n) is 16.4. The van der Waals surface area contributed by atoms with Crippen LogP contribution in [0.3, 0.4) is 0 Å². The lowest BCUT2D eigenvalue weighted by Crippen LogP contribution is -2.37. The van der Waals surface area contributed by atoms with Gasteiger partial charge in [0.25, 0.3) is 11.5 Å². The van der Waals surface area contributed by atoms with Gasteiger partial charge in [0.1, 0.15) is 28.9 Å². The van der Waals surface area contributed by atoms with Gasteiger partial charge in [0.2, 0.25) is 5.71 Å². The molecule has 0 bridgehead atoms. The topological polar surface area (TPSA) is 103 Å². The number of ether oxygens (including phenoxy) is 1. The molecule has 0 saturated heterocycles. The van der Waals surface area contributed by atoms with E-state index in [1.807, 2.05) is 0 Å². The minimum absolute atomic E-state index is 0.00443. The summed E-state index contributed by atoms with van der Waals surface area (Å²) in [5.41, 5.74) is 0.213. The van der Waals surface area contributed by atoms with Crippen LogP contribution in [0.5, 0.6) is 0 Å². The Labute approximate surface area is 165 Å². The second-order valence-corrected chi connectivity index (χ2v) is 6.70. The van der Waals surface area contributed by atoms with Crippen molar-refractivity contribution in [1.29, 1.82) is 0 Å². The Balaban J connectivity index is 1.75. The van der Waals surface area contributed by atoms with Crippen LogP contribution in [-0.4, -0.2) is 27.5 Å². The second-order valence-electron chi connectivity index (χ2n) is 6.70. The molecule has 3 aromatic rings. The lowest BCUT2D eigenvalue weighted by Gasteiger charge is -2.18. The predicted octanol–water partition coefficient (Wildman–Crippen LogP) is 2.40. The van der Waals surface area contributed by atoms with Crippen LogP contribution >= 0.6 is 0 Å². The van der Waals surface area contributed by atoms with E-state index in [0.717, 1.165) is 0 Å². The fourth-order valence-electron chi connectivity index (χ4n) is 2.87. The van der Waals surface area contributed by atoms with E-state index < -0.39 is 29.6 Å². The van der Waals surface area contributed by atoms with Crippen molar-refractivity contribution in [2.24, 2.45) is 7.05 Å². The molecule has 29 heavy (non-hydrogen) atoms. The van der Waals surface area contributed by atoms with Crippen LogP contribution in [0.4, 0.5) is 4.39 Å². The lowest BCUT2D eigenvalue weighted by atomic mass is 10.1. The van der Waals surface area contributed by atoms with E-state index in [2.05, 4.69) is 10.3 Å². The van der Waals surface area contributed by atoms with Crippen LogP contribution in [0.1, 0.15) is 41.6 Å². The van der Waals surface area contributed by atoms with Crippen LogP contribution in [0, 0.1) is 12.7 Å². The quantitative estimate of drug-likeness (QED) is 0.659. The molecule has 0 saturated carbocycles. The van der Waals surface area contributed by atoms with Gasteiger partial charge in [-0.15, -0.1) is 0 Å². The summed E-state index contributed by atoms with van der Waals surface area (Å²) in [7, 11) is 1.50. The van der Waals surface area contributed by atoms with Gasteiger partial charge in [0.05, 0.1) is 6.04 Å². The normalized spacial score (nSPS) is 13.1. The summed E-state index contributed by atoms with van der Waals surface area (Å²) in [5, 5.41) is 2.70. The van der Waals surface area contributed by atoms with Gasteiger partial charge < -0.3 is 19.0 Å². The summed E-state index contributed by atoms with van der Waals surface area (Å²) in [6.45, 7) is 4.65. The van der Waals surface area contributed by atoms with Crippen molar-refractivity contribution >= 4 is 23.0 Å². The Hall–Kier alpha value is -3.49. The third-order valence-corrected chi connectivity index (χ3v) is 4.53. The van der Waals surface area contributed by atoms with Crippen LogP contribution in [0.25, 0.3) is 11.1 Å². The average Bonchev–Trinajstić information content (AvgIpc) is 3.02. The number of furan rings is 1. The second kappa shape index (κ2) is 7.86. The first-order chi connectivity index (χ1) is 13.7. The smallest absolute Gasteiger partial charge is 0.343 e. The predicted molar refractivity (Wildman–Crippen MR) is 102 cm³/mol. The number of rotatable bonds is 5. The lowest BCUT2D eigenvalue weighted by molar-refractivity contribution is -0.129. The molecule has 1 N–H and O–H groups in total. The molecule has 2 unspecified atom stereocenters. The number of hydrogen-bond acceptors (Lipinski definition) is 6.